The van der Waals surface area contributed by atoms with E-state index in [-0.39, 0.29) is 12.1 Å². The normalized spacial score (nSPS) is 10.3. The second-order valence-corrected chi connectivity index (χ2v) is 6.71. The number of ether oxygens (including phenoxy) is 2. The number of aromatic nitrogens is 3. The summed E-state index contributed by atoms with van der Waals surface area (Å²) in [6.07, 6.45) is 3.98. The average molecular weight is 413 g/mol. The van der Waals surface area contributed by atoms with E-state index in [9.17, 15) is 9.59 Å². The fourth-order valence-corrected chi connectivity index (χ4v) is 2.53. The van der Waals surface area contributed by atoms with Crippen LogP contribution in [0, 0.1) is 13.8 Å². The van der Waals surface area contributed by atoms with Gasteiger partial charge in [0.05, 0.1) is 47.8 Å². The zero-order chi connectivity index (χ0) is 22.3. The predicted octanol–water partition coefficient (Wildman–Crippen LogP) is 3.78. The van der Waals surface area contributed by atoms with Crippen molar-refractivity contribution in [2.75, 3.05) is 13.7 Å². The molecule has 3 heterocycles. The summed E-state index contributed by atoms with van der Waals surface area (Å²) in [5, 5.41) is 0.361. The monoisotopic (exact) mass is 413 g/mol. The lowest BCUT2D eigenvalue weighted by molar-refractivity contribution is 0.0504. The molecule has 0 radical (unpaired) electrons. The predicted molar refractivity (Wildman–Crippen MR) is 113 cm³/mol. The molecule has 8 nitrogen and oxygen atoms in total. The first-order chi connectivity index (χ1) is 14.3. The highest BCUT2D eigenvalue weighted by molar-refractivity contribution is 5.94. The number of nitrogens with zero attached hydrogens (tertiary/aromatic N) is 3. The van der Waals surface area contributed by atoms with E-state index >= 15 is 0 Å². The van der Waals surface area contributed by atoms with Crippen LogP contribution in [0.15, 0.2) is 46.1 Å². The first kappa shape index (κ1) is 22.9. The smallest absolute Gasteiger partial charge is 0.340 e. The standard InChI is InChI=1S/C18H19N3O4.C4H8O/c1-4-7-24-18(23)13-8-14-15(20-12(13)3)5-6-21(17(14)22)10-16-19-9-11(2)25-16;1-4(2)5-3/h5-6,8-9H,4,7,10H2,1-3H3;1H2,2-3H3. The van der Waals surface area contributed by atoms with Crippen molar-refractivity contribution in [3.8, 4) is 0 Å². The van der Waals surface area contributed by atoms with E-state index in [1.807, 2.05) is 6.92 Å². The molecule has 0 saturated heterocycles. The molecular formula is C22H27N3O5. The zero-order valence-electron chi connectivity index (χ0n) is 18.0. The molecule has 3 aromatic heterocycles. The number of aryl methyl sites for hydroxylation is 2. The van der Waals surface area contributed by atoms with Crippen molar-refractivity contribution in [1.29, 1.82) is 0 Å². The van der Waals surface area contributed by atoms with E-state index in [1.165, 1.54) is 4.57 Å². The Bertz CT molecular complexity index is 1100. The van der Waals surface area contributed by atoms with Crippen LogP contribution in [0.1, 0.15) is 48.0 Å². The first-order valence-corrected chi connectivity index (χ1v) is 9.55. The molecule has 3 rings (SSSR count). The Balaban J connectivity index is 0.000000575. The Kier molecular flexibility index (Phi) is 7.91. The van der Waals surface area contributed by atoms with Gasteiger partial charge in [-0.3, -0.25) is 9.78 Å². The number of allylic oxidation sites excluding steroid dienone is 1. The van der Waals surface area contributed by atoms with Gasteiger partial charge in [0.15, 0.2) is 0 Å². The number of hydrogen-bond donors (Lipinski definition) is 0. The van der Waals surface area contributed by atoms with Crippen molar-refractivity contribution < 1.29 is 18.7 Å². The highest BCUT2D eigenvalue weighted by Gasteiger charge is 2.15. The summed E-state index contributed by atoms with van der Waals surface area (Å²) in [7, 11) is 1.60. The van der Waals surface area contributed by atoms with Gasteiger partial charge in [-0.1, -0.05) is 13.5 Å². The van der Waals surface area contributed by atoms with E-state index < -0.39 is 5.97 Å². The molecular weight excluding hydrogens is 386 g/mol. The van der Waals surface area contributed by atoms with Gasteiger partial charge in [0.2, 0.25) is 5.89 Å². The third-order valence-electron chi connectivity index (χ3n) is 4.13. The molecule has 0 aromatic carbocycles. The minimum absolute atomic E-state index is 0.214. The van der Waals surface area contributed by atoms with E-state index in [4.69, 9.17) is 9.15 Å². The van der Waals surface area contributed by atoms with Crippen molar-refractivity contribution in [2.24, 2.45) is 0 Å². The molecule has 0 fully saturated rings. The quantitative estimate of drug-likeness (QED) is 0.448. The minimum atomic E-state index is -0.466. The van der Waals surface area contributed by atoms with Gasteiger partial charge in [-0.2, -0.15) is 0 Å². The topological polar surface area (TPSA) is 96.5 Å². The third kappa shape index (κ3) is 5.79. The Labute approximate surface area is 175 Å². The summed E-state index contributed by atoms with van der Waals surface area (Å²) in [5.74, 6) is 1.42. The number of hydrogen-bond acceptors (Lipinski definition) is 7. The lowest BCUT2D eigenvalue weighted by Crippen LogP contribution is -2.21. The molecule has 0 aliphatic carbocycles. The number of pyridine rings is 2. The summed E-state index contributed by atoms with van der Waals surface area (Å²) in [6.45, 7) is 11.2. The van der Waals surface area contributed by atoms with Gasteiger partial charge in [-0.15, -0.1) is 0 Å². The molecule has 8 heteroatoms. The van der Waals surface area contributed by atoms with Gasteiger partial charge < -0.3 is 18.5 Å². The fourth-order valence-electron chi connectivity index (χ4n) is 2.53. The summed E-state index contributed by atoms with van der Waals surface area (Å²) in [4.78, 5) is 33.4. The van der Waals surface area contributed by atoms with Crippen molar-refractivity contribution in [1.82, 2.24) is 14.5 Å². The Morgan fingerprint density at radius 2 is 2.03 bits per heavy atom. The number of carbonyl (C=O) groups excluding carboxylic acids is 1. The van der Waals surface area contributed by atoms with Crippen LogP contribution < -0.4 is 5.56 Å². The van der Waals surface area contributed by atoms with Crippen LogP contribution in [0.4, 0.5) is 0 Å². The molecule has 30 heavy (non-hydrogen) atoms. The first-order valence-electron chi connectivity index (χ1n) is 9.55. The van der Waals surface area contributed by atoms with Gasteiger partial charge in [0.1, 0.15) is 12.3 Å². The van der Waals surface area contributed by atoms with Crippen LogP contribution in [0.25, 0.3) is 10.9 Å². The second kappa shape index (κ2) is 10.4. The van der Waals surface area contributed by atoms with Crippen molar-refractivity contribution in [2.45, 2.75) is 40.7 Å². The minimum Gasteiger partial charge on any atom is -0.502 e. The molecule has 0 bridgehead atoms. The van der Waals surface area contributed by atoms with Crippen LogP contribution in [0.2, 0.25) is 0 Å². The van der Waals surface area contributed by atoms with E-state index in [2.05, 4.69) is 21.3 Å². The van der Waals surface area contributed by atoms with Gasteiger partial charge in [-0.25, -0.2) is 9.78 Å². The van der Waals surface area contributed by atoms with Crippen LogP contribution >= 0.6 is 0 Å². The Morgan fingerprint density at radius 3 is 2.60 bits per heavy atom. The zero-order valence-corrected chi connectivity index (χ0v) is 18.0. The number of carbonyl (C=O) groups is 1. The molecule has 160 valence electrons. The van der Waals surface area contributed by atoms with Crippen LogP contribution in [-0.4, -0.2) is 34.2 Å². The number of methoxy groups -OCH3 is 1. The number of rotatable bonds is 6. The maximum absolute atomic E-state index is 12.7. The van der Waals surface area contributed by atoms with Gasteiger partial charge in [0.25, 0.3) is 5.56 Å². The van der Waals surface area contributed by atoms with Crippen LogP contribution in [0.3, 0.4) is 0 Å². The summed E-state index contributed by atoms with van der Waals surface area (Å²) in [5.41, 5.74) is 1.12. The second-order valence-electron chi connectivity index (χ2n) is 6.71. The molecule has 0 atom stereocenters. The molecule has 0 unspecified atom stereocenters. The Morgan fingerprint density at radius 1 is 1.33 bits per heavy atom. The van der Waals surface area contributed by atoms with Gasteiger partial charge in [0, 0.05) is 6.20 Å². The summed E-state index contributed by atoms with van der Waals surface area (Å²) in [6, 6.07) is 3.29. The SMILES string of the molecule is C=C(C)OC.CCCOC(=O)c1cc2c(=O)n(Cc3ncc(C)o3)ccc2nc1C. The highest BCUT2D eigenvalue weighted by atomic mass is 16.5. The summed E-state index contributed by atoms with van der Waals surface area (Å²) >= 11 is 0. The molecule has 0 spiro atoms. The van der Waals surface area contributed by atoms with E-state index in [0.717, 1.165) is 12.2 Å². The van der Waals surface area contributed by atoms with Crippen LogP contribution in [0.5, 0.6) is 0 Å². The van der Waals surface area contributed by atoms with Gasteiger partial charge in [-0.05, 0) is 39.3 Å². The number of fused-ring (bicyclic) bond motifs is 1. The maximum atomic E-state index is 12.7. The highest BCUT2D eigenvalue weighted by Crippen LogP contribution is 2.15. The lowest BCUT2D eigenvalue weighted by Gasteiger charge is -2.09. The van der Waals surface area contributed by atoms with Crippen molar-refractivity contribution in [3.63, 3.8) is 0 Å². The van der Waals surface area contributed by atoms with Crippen LogP contribution in [-0.2, 0) is 16.0 Å². The maximum Gasteiger partial charge on any atom is 0.340 e. The number of esters is 1. The Hall–Kier alpha value is -3.42. The number of oxazole rings is 1. The van der Waals surface area contributed by atoms with Crippen molar-refractivity contribution in [3.05, 3.63) is 70.1 Å². The summed E-state index contributed by atoms with van der Waals surface area (Å²) < 4.78 is 16.6. The van der Waals surface area contributed by atoms with Gasteiger partial charge >= 0.3 is 5.97 Å². The molecule has 3 aromatic rings. The molecule has 0 saturated carbocycles. The molecule has 0 aliphatic rings. The molecule has 0 amide bonds. The third-order valence-corrected chi connectivity index (χ3v) is 4.13. The fraction of sp³-hybridized carbons (Fsp3) is 0.364. The molecule has 0 N–H and O–H groups in total. The molecule has 0 aliphatic heterocycles. The van der Waals surface area contributed by atoms with E-state index in [1.54, 1.807) is 52.4 Å². The largest absolute Gasteiger partial charge is 0.502 e. The lowest BCUT2D eigenvalue weighted by atomic mass is 10.1. The van der Waals surface area contributed by atoms with Crippen molar-refractivity contribution >= 4 is 16.9 Å². The van der Waals surface area contributed by atoms with E-state index in [0.29, 0.717) is 40.4 Å². The average Bonchev–Trinajstić information content (AvgIpc) is 3.13.